The number of nitrogens with one attached hydrogen (secondary N) is 3. The first kappa shape index (κ1) is 27.6. The molecule has 0 aliphatic carbocycles. The summed E-state index contributed by atoms with van der Waals surface area (Å²) < 4.78 is 56.7. The number of alkyl halides is 3. The number of nitrogens with zero attached hydrogens (tertiary/aromatic N) is 6. The molecule has 2 aromatic carbocycles. The van der Waals surface area contributed by atoms with Gasteiger partial charge in [0.25, 0.3) is 0 Å². The molecule has 5 aromatic rings. The molecule has 11 nitrogen and oxygen atoms in total. The molecule has 0 atom stereocenters. The van der Waals surface area contributed by atoms with Crippen molar-refractivity contribution in [3.05, 3.63) is 55.0 Å². The van der Waals surface area contributed by atoms with Crippen molar-refractivity contribution in [1.82, 2.24) is 29.8 Å². The molecule has 42 heavy (non-hydrogen) atoms. The maximum Gasteiger partial charge on any atom is 0.422 e. The van der Waals surface area contributed by atoms with Gasteiger partial charge in [0.2, 0.25) is 5.95 Å². The average molecular weight is 596 g/mol. The maximum atomic E-state index is 13.1. The van der Waals surface area contributed by atoms with Gasteiger partial charge in [-0.25, -0.2) is 0 Å². The summed E-state index contributed by atoms with van der Waals surface area (Å²) in [6.07, 6.45) is 0.249. The van der Waals surface area contributed by atoms with Crippen molar-refractivity contribution in [2.75, 3.05) is 55.4 Å². The first-order valence-corrected chi connectivity index (χ1v) is 13.8. The van der Waals surface area contributed by atoms with Crippen LogP contribution in [0.3, 0.4) is 0 Å². The fraction of sp³-hybridized carbons (Fsp3) is 0.259. The van der Waals surface area contributed by atoms with Gasteiger partial charge in [-0.15, -0.1) is 0 Å². The van der Waals surface area contributed by atoms with Gasteiger partial charge in [-0.1, -0.05) is 0 Å². The monoisotopic (exact) mass is 595 g/mol. The number of piperazine rings is 1. The number of benzene rings is 2. The molecule has 0 bridgehead atoms. The Hall–Kier alpha value is -4.55. The van der Waals surface area contributed by atoms with Crippen LogP contribution in [0.5, 0.6) is 5.75 Å². The third kappa shape index (κ3) is 5.90. The zero-order valence-corrected chi connectivity index (χ0v) is 23.2. The van der Waals surface area contributed by atoms with Crippen LogP contribution < -0.4 is 25.6 Å². The number of hydrogen-bond acceptors (Lipinski definition) is 10. The molecule has 3 aromatic heterocycles. The Morgan fingerprint density at radius 1 is 1.00 bits per heavy atom. The number of fused-ring (bicyclic) bond motifs is 2. The molecule has 1 aliphatic heterocycles. The topological polar surface area (TPSA) is 124 Å². The Kier molecular flexibility index (Phi) is 7.48. The molecule has 4 heterocycles. The zero-order valence-electron chi connectivity index (χ0n) is 22.3. The van der Waals surface area contributed by atoms with E-state index in [2.05, 4.69) is 45.4 Å². The van der Waals surface area contributed by atoms with Crippen LogP contribution in [0.1, 0.15) is 0 Å². The van der Waals surface area contributed by atoms with E-state index in [0.29, 0.717) is 38.9 Å². The molecule has 0 unspecified atom stereocenters. The molecular weight excluding hydrogens is 570 g/mol. The minimum atomic E-state index is -4.51. The second kappa shape index (κ2) is 11.4. The largest absolute Gasteiger partial charge is 0.482 e. The third-order valence-corrected chi connectivity index (χ3v) is 7.48. The van der Waals surface area contributed by atoms with Gasteiger partial charge in [-0.2, -0.15) is 23.1 Å². The summed E-state index contributed by atoms with van der Waals surface area (Å²) in [6.45, 7) is 1.73. The van der Waals surface area contributed by atoms with Crippen LogP contribution >= 0.6 is 8.46 Å². The first-order valence-electron chi connectivity index (χ1n) is 13.0. The van der Waals surface area contributed by atoms with Gasteiger partial charge in [-0.05, 0) is 37.4 Å². The van der Waals surface area contributed by atoms with Crippen molar-refractivity contribution in [1.29, 1.82) is 0 Å². The van der Waals surface area contributed by atoms with Crippen molar-refractivity contribution in [3.63, 3.8) is 0 Å². The van der Waals surface area contributed by atoms with E-state index in [0.717, 1.165) is 31.9 Å². The number of halogens is 3. The lowest BCUT2D eigenvalue weighted by Crippen LogP contribution is -2.44. The minimum Gasteiger partial charge on any atom is -0.482 e. The van der Waals surface area contributed by atoms with E-state index in [1.807, 2.05) is 13.1 Å². The highest BCUT2D eigenvalue weighted by molar-refractivity contribution is 7.35. The predicted octanol–water partition coefficient (Wildman–Crippen LogP) is 5.00. The SMILES string of the molecule is CN1CCN(c2ccc(Nc3nc(Nc4ccc5nccnc5c4P=O)c4cc[nH]c4n3)c(OCC(F)(F)F)c2)CC1. The van der Waals surface area contributed by atoms with Gasteiger partial charge in [-0.3, -0.25) is 14.5 Å². The van der Waals surface area contributed by atoms with Crippen LogP contribution in [0, 0.1) is 0 Å². The summed E-state index contributed by atoms with van der Waals surface area (Å²) in [7, 11) is 1.77. The Balaban J connectivity index is 1.34. The molecule has 0 radical (unpaired) electrons. The molecule has 1 aliphatic rings. The van der Waals surface area contributed by atoms with Crippen LogP contribution in [-0.2, 0) is 4.57 Å². The summed E-state index contributed by atoms with van der Waals surface area (Å²) in [4.78, 5) is 25.0. The van der Waals surface area contributed by atoms with Crippen LogP contribution in [0.25, 0.3) is 22.1 Å². The number of aromatic nitrogens is 5. The highest BCUT2D eigenvalue weighted by Gasteiger charge is 2.29. The molecular formula is C27H25F3N9O2P. The lowest BCUT2D eigenvalue weighted by atomic mass is 10.2. The van der Waals surface area contributed by atoms with Crippen LogP contribution in [0.4, 0.5) is 42.0 Å². The summed E-state index contributed by atoms with van der Waals surface area (Å²) in [5, 5.41) is 7.28. The van der Waals surface area contributed by atoms with Gasteiger partial charge in [0, 0.05) is 56.5 Å². The Labute approximate surface area is 239 Å². The molecule has 216 valence electrons. The zero-order chi connectivity index (χ0) is 29.3. The molecule has 0 saturated carbocycles. The summed E-state index contributed by atoms with van der Waals surface area (Å²) >= 11 is 0. The minimum absolute atomic E-state index is 0.0222. The van der Waals surface area contributed by atoms with E-state index < -0.39 is 12.8 Å². The number of hydrogen-bond donors (Lipinski definition) is 3. The molecule has 6 rings (SSSR count). The van der Waals surface area contributed by atoms with Crippen molar-refractivity contribution in [2.45, 2.75) is 6.18 Å². The molecule has 0 spiro atoms. The lowest BCUT2D eigenvalue weighted by molar-refractivity contribution is -0.153. The maximum absolute atomic E-state index is 13.1. The Morgan fingerprint density at radius 2 is 1.79 bits per heavy atom. The van der Waals surface area contributed by atoms with Gasteiger partial charge in [0.1, 0.15) is 22.7 Å². The number of ether oxygens (including phenoxy) is 1. The quantitative estimate of drug-likeness (QED) is 0.211. The molecule has 3 N–H and O–H groups in total. The summed E-state index contributed by atoms with van der Waals surface area (Å²) in [6, 6.07) is 10.3. The lowest BCUT2D eigenvalue weighted by Gasteiger charge is -2.34. The summed E-state index contributed by atoms with van der Waals surface area (Å²) in [5.41, 5.74) is 3.07. The Bertz CT molecular complexity index is 1760. The molecule has 0 amide bonds. The van der Waals surface area contributed by atoms with E-state index in [-0.39, 0.29) is 25.8 Å². The van der Waals surface area contributed by atoms with Gasteiger partial charge < -0.3 is 30.2 Å². The number of anilines is 5. The van der Waals surface area contributed by atoms with Gasteiger partial charge >= 0.3 is 6.18 Å². The van der Waals surface area contributed by atoms with Crippen molar-refractivity contribution in [2.24, 2.45) is 0 Å². The number of H-pyrrole nitrogens is 1. The van der Waals surface area contributed by atoms with Crippen LogP contribution in [0.15, 0.2) is 55.0 Å². The molecule has 15 heteroatoms. The average Bonchev–Trinajstić information content (AvgIpc) is 3.46. The first-order chi connectivity index (χ1) is 20.3. The van der Waals surface area contributed by atoms with E-state index in [1.54, 1.807) is 42.7 Å². The van der Waals surface area contributed by atoms with Crippen molar-refractivity contribution >= 4 is 64.7 Å². The summed E-state index contributed by atoms with van der Waals surface area (Å²) in [5.74, 6) is 0.510. The van der Waals surface area contributed by atoms with Gasteiger partial charge in [0.15, 0.2) is 15.1 Å². The third-order valence-electron chi connectivity index (χ3n) is 6.85. The fourth-order valence-corrected chi connectivity index (χ4v) is 5.20. The molecule has 1 saturated heterocycles. The van der Waals surface area contributed by atoms with Gasteiger partial charge in [0.05, 0.1) is 27.6 Å². The fourth-order valence-electron chi connectivity index (χ4n) is 4.71. The van der Waals surface area contributed by atoms with Crippen LogP contribution in [-0.4, -0.2) is 75.8 Å². The highest BCUT2D eigenvalue weighted by atomic mass is 31.1. The predicted molar refractivity (Wildman–Crippen MR) is 155 cm³/mol. The highest BCUT2D eigenvalue weighted by Crippen LogP contribution is 2.34. The number of likely N-dealkylation sites (N-methyl/N-ethyl adjacent to an activating group) is 1. The normalized spacial score (nSPS) is 14.5. The standard InChI is InChI=1S/C27H25F3N9O2P/c1-38-10-12-39(13-11-38)16-2-3-18(21(14-16)41-15-27(28,29)30)35-26-36-24-17(6-7-33-24)25(37-26)34-20-5-4-19-22(23(20)42-40)32-9-8-31-19/h2-9,14H,10-13,15H2,1H3,(H3,33,34,35,36,37). The Morgan fingerprint density at radius 3 is 2.57 bits per heavy atom. The number of rotatable bonds is 8. The van der Waals surface area contributed by atoms with Crippen molar-refractivity contribution in [3.8, 4) is 5.75 Å². The smallest absolute Gasteiger partial charge is 0.422 e. The van der Waals surface area contributed by atoms with Crippen LogP contribution in [0.2, 0.25) is 0 Å². The van der Waals surface area contributed by atoms with Crippen molar-refractivity contribution < 1.29 is 22.5 Å². The second-order valence-electron chi connectivity index (χ2n) is 9.74. The second-order valence-corrected chi connectivity index (χ2v) is 10.4. The molecule has 1 fully saturated rings. The van der Waals surface area contributed by atoms with E-state index >= 15 is 0 Å². The van der Waals surface area contributed by atoms with E-state index in [9.17, 15) is 17.7 Å². The number of aromatic amines is 1. The van der Waals surface area contributed by atoms with E-state index in [4.69, 9.17) is 4.74 Å². The van der Waals surface area contributed by atoms with E-state index in [1.165, 1.54) is 6.20 Å².